The number of hydrogen-bond acceptors (Lipinski definition) is 3. The molecule has 106 valence electrons. The molecule has 2 heterocycles. The van der Waals surface area contributed by atoms with Crippen LogP contribution in [0.15, 0.2) is 0 Å². The van der Waals surface area contributed by atoms with Gasteiger partial charge in [0.2, 0.25) is 5.91 Å². The molecule has 2 aliphatic heterocycles. The Balaban J connectivity index is 0.00000162. The molecule has 0 saturated carbocycles. The molecule has 0 bridgehead atoms. The van der Waals surface area contributed by atoms with E-state index in [-0.39, 0.29) is 29.0 Å². The smallest absolute Gasteiger partial charge is 0.223 e. The topological polar surface area (TPSA) is 41.1 Å². The van der Waals surface area contributed by atoms with E-state index < -0.39 is 0 Å². The largest absolute Gasteiger partial charge is 0.354 e. The van der Waals surface area contributed by atoms with Crippen molar-refractivity contribution in [3.63, 3.8) is 0 Å². The Labute approximate surface area is 121 Å². The molecule has 1 amide bonds. The van der Waals surface area contributed by atoms with Crippen molar-refractivity contribution in [1.82, 2.24) is 10.6 Å². The summed E-state index contributed by atoms with van der Waals surface area (Å²) in [6, 6.07) is 0.482. The van der Waals surface area contributed by atoms with Gasteiger partial charge in [0, 0.05) is 23.3 Å². The summed E-state index contributed by atoms with van der Waals surface area (Å²) in [4.78, 5) is 12.1. The summed E-state index contributed by atoms with van der Waals surface area (Å²) in [5, 5.41) is 6.56. The number of nitrogens with one attached hydrogen (secondary N) is 2. The van der Waals surface area contributed by atoms with Crippen LogP contribution in [0.2, 0.25) is 0 Å². The van der Waals surface area contributed by atoms with Crippen molar-refractivity contribution in [3.8, 4) is 0 Å². The molecule has 5 heteroatoms. The van der Waals surface area contributed by atoms with Crippen molar-refractivity contribution in [1.29, 1.82) is 0 Å². The first-order chi connectivity index (χ1) is 8.09. The van der Waals surface area contributed by atoms with E-state index >= 15 is 0 Å². The molecule has 2 fully saturated rings. The normalized spacial score (nSPS) is 35.9. The zero-order valence-electron chi connectivity index (χ0n) is 11.3. The lowest BCUT2D eigenvalue weighted by Crippen LogP contribution is -2.45. The predicted molar refractivity (Wildman–Crippen MR) is 80.5 cm³/mol. The first-order valence-corrected chi connectivity index (χ1v) is 7.73. The molecule has 0 aromatic heterocycles. The summed E-state index contributed by atoms with van der Waals surface area (Å²) in [7, 11) is 0. The Bertz CT molecular complexity index is 282. The van der Waals surface area contributed by atoms with Crippen LogP contribution in [0, 0.1) is 5.92 Å². The van der Waals surface area contributed by atoms with E-state index in [1.54, 1.807) is 0 Å². The van der Waals surface area contributed by atoms with Crippen LogP contribution in [-0.4, -0.2) is 35.5 Å². The monoisotopic (exact) mass is 292 g/mol. The number of carbonyl (C=O) groups is 1. The van der Waals surface area contributed by atoms with Gasteiger partial charge in [-0.15, -0.1) is 12.4 Å². The maximum absolute atomic E-state index is 12.1. The molecule has 0 radical (unpaired) electrons. The van der Waals surface area contributed by atoms with E-state index in [0.717, 1.165) is 25.9 Å². The molecule has 0 spiro atoms. The first kappa shape index (κ1) is 16.1. The van der Waals surface area contributed by atoms with Crippen LogP contribution in [0.1, 0.15) is 39.5 Å². The zero-order chi connectivity index (χ0) is 12.3. The fourth-order valence-corrected chi connectivity index (χ4v) is 4.01. The maximum atomic E-state index is 12.1. The van der Waals surface area contributed by atoms with Gasteiger partial charge in [-0.1, -0.05) is 0 Å². The summed E-state index contributed by atoms with van der Waals surface area (Å²) < 4.78 is 0.286. The molecule has 2 saturated heterocycles. The highest BCUT2D eigenvalue weighted by Gasteiger charge is 2.31. The zero-order valence-corrected chi connectivity index (χ0v) is 13.0. The van der Waals surface area contributed by atoms with Gasteiger partial charge in [0.25, 0.3) is 0 Å². The molecule has 3 atom stereocenters. The van der Waals surface area contributed by atoms with Gasteiger partial charge in [0.1, 0.15) is 0 Å². The molecule has 2 rings (SSSR count). The number of piperidine rings is 1. The molecule has 0 aromatic rings. The van der Waals surface area contributed by atoms with E-state index in [1.807, 2.05) is 11.8 Å². The lowest BCUT2D eigenvalue weighted by molar-refractivity contribution is -0.126. The van der Waals surface area contributed by atoms with Crippen LogP contribution in [-0.2, 0) is 4.79 Å². The predicted octanol–water partition coefficient (Wildman–Crippen LogP) is 2.20. The summed E-state index contributed by atoms with van der Waals surface area (Å²) in [5.41, 5.74) is 0. The van der Waals surface area contributed by atoms with Crippen LogP contribution in [0.25, 0.3) is 0 Å². The minimum absolute atomic E-state index is 0. The number of rotatable bonds is 3. The second-order valence-corrected chi connectivity index (χ2v) is 7.38. The van der Waals surface area contributed by atoms with Crippen molar-refractivity contribution in [2.24, 2.45) is 5.92 Å². The Kier molecular flexibility index (Phi) is 6.28. The van der Waals surface area contributed by atoms with Crippen molar-refractivity contribution >= 4 is 30.1 Å². The third-order valence-electron chi connectivity index (χ3n) is 3.93. The highest BCUT2D eigenvalue weighted by Crippen LogP contribution is 2.37. The lowest BCUT2D eigenvalue weighted by atomic mass is 9.92. The average Bonchev–Trinajstić information content (AvgIpc) is 2.74. The molecule has 0 aliphatic carbocycles. The number of thioether (sulfide) groups is 1. The van der Waals surface area contributed by atoms with E-state index in [2.05, 4.69) is 24.5 Å². The maximum Gasteiger partial charge on any atom is 0.223 e. The molecule has 1 unspecified atom stereocenters. The van der Waals surface area contributed by atoms with Crippen molar-refractivity contribution in [2.75, 3.05) is 18.8 Å². The fourth-order valence-electron chi connectivity index (χ4n) is 2.76. The van der Waals surface area contributed by atoms with E-state index in [9.17, 15) is 4.79 Å². The molecular weight excluding hydrogens is 268 g/mol. The number of amides is 1. The number of hydrogen-bond donors (Lipinski definition) is 2. The average molecular weight is 293 g/mol. The standard InChI is InChI=1S/C13H24N2OS.ClH/c1-10-8-11(4-6-14-10)12(16)15-9-13(2)5-3-7-17-13;/h10-11,14H,3-9H2,1-2H3,(H,15,16);1H/t10-,11-,13?;/m0./s1. The van der Waals surface area contributed by atoms with Gasteiger partial charge in [0.15, 0.2) is 0 Å². The molecule has 18 heavy (non-hydrogen) atoms. The van der Waals surface area contributed by atoms with E-state index in [1.165, 1.54) is 18.6 Å². The Hall–Kier alpha value is 0.0700. The second kappa shape index (κ2) is 7.01. The van der Waals surface area contributed by atoms with Crippen LogP contribution in [0.5, 0.6) is 0 Å². The molecular formula is C13H25ClN2OS. The molecule has 2 aliphatic rings. The first-order valence-electron chi connectivity index (χ1n) is 6.74. The Morgan fingerprint density at radius 2 is 2.33 bits per heavy atom. The fraction of sp³-hybridized carbons (Fsp3) is 0.923. The van der Waals surface area contributed by atoms with E-state index in [4.69, 9.17) is 0 Å². The Morgan fingerprint density at radius 3 is 2.94 bits per heavy atom. The summed E-state index contributed by atoms with van der Waals surface area (Å²) in [6.45, 7) is 6.25. The van der Waals surface area contributed by atoms with Gasteiger partial charge in [0.05, 0.1) is 0 Å². The SMILES string of the molecule is C[C@H]1C[C@@H](C(=O)NCC2(C)CCCS2)CCN1.Cl. The van der Waals surface area contributed by atoms with Crippen molar-refractivity contribution in [3.05, 3.63) is 0 Å². The molecule has 2 N–H and O–H groups in total. The third kappa shape index (κ3) is 4.32. The third-order valence-corrected chi connectivity index (χ3v) is 5.47. The van der Waals surface area contributed by atoms with Crippen LogP contribution >= 0.6 is 24.2 Å². The van der Waals surface area contributed by atoms with Crippen LogP contribution in [0.4, 0.5) is 0 Å². The minimum atomic E-state index is 0. The highest BCUT2D eigenvalue weighted by atomic mass is 35.5. The number of carbonyl (C=O) groups excluding carboxylic acids is 1. The molecule has 0 aromatic carbocycles. The summed E-state index contributed by atoms with van der Waals surface area (Å²) >= 11 is 2.01. The number of halogens is 1. The van der Waals surface area contributed by atoms with Gasteiger partial charge in [-0.3, -0.25) is 4.79 Å². The highest BCUT2D eigenvalue weighted by molar-refractivity contribution is 8.00. The van der Waals surface area contributed by atoms with Crippen molar-refractivity contribution in [2.45, 2.75) is 50.3 Å². The van der Waals surface area contributed by atoms with Gasteiger partial charge in [-0.05, 0) is 51.8 Å². The molecule has 3 nitrogen and oxygen atoms in total. The van der Waals surface area contributed by atoms with Crippen LogP contribution in [0.3, 0.4) is 0 Å². The minimum Gasteiger partial charge on any atom is -0.354 e. The summed E-state index contributed by atoms with van der Waals surface area (Å²) in [6.07, 6.45) is 4.50. The van der Waals surface area contributed by atoms with Crippen molar-refractivity contribution < 1.29 is 4.79 Å². The van der Waals surface area contributed by atoms with Gasteiger partial charge in [-0.25, -0.2) is 0 Å². The summed E-state index contributed by atoms with van der Waals surface area (Å²) in [5.74, 6) is 1.74. The van der Waals surface area contributed by atoms with Gasteiger partial charge < -0.3 is 10.6 Å². The van der Waals surface area contributed by atoms with Crippen LogP contribution < -0.4 is 10.6 Å². The Morgan fingerprint density at radius 1 is 1.56 bits per heavy atom. The second-order valence-electron chi connectivity index (χ2n) is 5.70. The van der Waals surface area contributed by atoms with Gasteiger partial charge >= 0.3 is 0 Å². The van der Waals surface area contributed by atoms with E-state index in [0.29, 0.717) is 6.04 Å². The quantitative estimate of drug-likeness (QED) is 0.838. The lowest BCUT2D eigenvalue weighted by Gasteiger charge is -2.29. The van der Waals surface area contributed by atoms with Gasteiger partial charge in [-0.2, -0.15) is 11.8 Å².